The summed E-state index contributed by atoms with van der Waals surface area (Å²) in [7, 11) is 0. The molecular weight excluding hydrogens is 398 g/mol. The number of hydrogen-bond acceptors (Lipinski definition) is 4. The van der Waals surface area contributed by atoms with Gasteiger partial charge in [0.2, 0.25) is 0 Å². The number of nitrogens with one attached hydrogen (secondary N) is 1. The van der Waals surface area contributed by atoms with E-state index in [0.717, 1.165) is 45.0 Å². The van der Waals surface area contributed by atoms with Gasteiger partial charge in [0.05, 0.1) is 17.4 Å². The average molecular weight is 424 g/mol. The van der Waals surface area contributed by atoms with Crippen LogP contribution in [0, 0.1) is 0 Å². The summed E-state index contributed by atoms with van der Waals surface area (Å²) in [5.41, 5.74) is 2.78. The van der Waals surface area contributed by atoms with E-state index in [9.17, 15) is 4.79 Å². The van der Waals surface area contributed by atoms with E-state index < -0.39 is 0 Å². The first-order valence-electron chi connectivity index (χ1n) is 10.2. The van der Waals surface area contributed by atoms with Crippen LogP contribution < -0.4 is 5.32 Å². The average Bonchev–Trinajstić information content (AvgIpc) is 3.27. The Labute approximate surface area is 182 Å². The summed E-state index contributed by atoms with van der Waals surface area (Å²) in [6.45, 7) is 6.64. The van der Waals surface area contributed by atoms with Gasteiger partial charge in [-0.25, -0.2) is 4.68 Å². The molecule has 1 saturated heterocycles. The van der Waals surface area contributed by atoms with E-state index in [0.29, 0.717) is 17.1 Å². The number of nitrogens with zero attached hydrogens (tertiary/aromatic N) is 4. The van der Waals surface area contributed by atoms with Gasteiger partial charge >= 0.3 is 0 Å². The zero-order chi connectivity index (χ0) is 20.8. The molecule has 4 rings (SSSR count). The second-order valence-electron chi connectivity index (χ2n) is 7.51. The second-order valence-corrected chi connectivity index (χ2v) is 7.95. The smallest absolute Gasteiger partial charge is 0.254 e. The van der Waals surface area contributed by atoms with Crippen LogP contribution in [0.15, 0.2) is 67.0 Å². The summed E-state index contributed by atoms with van der Waals surface area (Å²) in [6.07, 6.45) is 3.33. The van der Waals surface area contributed by atoms with Crippen LogP contribution in [0.3, 0.4) is 0 Å². The van der Waals surface area contributed by atoms with Gasteiger partial charge in [0.1, 0.15) is 0 Å². The predicted molar refractivity (Wildman–Crippen MR) is 119 cm³/mol. The van der Waals surface area contributed by atoms with Crippen LogP contribution in [-0.4, -0.2) is 64.8 Å². The SMILES string of the molecule is O=C(NCCN1CCN(Cc2ccccc2)CC1)c1cnn(-c2ccc(Cl)cc2)c1. The van der Waals surface area contributed by atoms with E-state index in [1.54, 1.807) is 29.2 Å². The molecule has 0 radical (unpaired) electrons. The fourth-order valence-corrected chi connectivity index (χ4v) is 3.74. The van der Waals surface area contributed by atoms with Gasteiger partial charge in [-0.05, 0) is 29.8 Å². The maximum atomic E-state index is 12.4. The molecule has 0 bridgehead atoms. The molecule has 0 saturated carbocycles. The predicted octanol–water partition coefficient (Wildman–Crippen LogP) is 3.07. The van der Waals surface area contributed by atoms with Crippen molar-refractivity contribution in [3.8, 4) is 5.69 Å². The lowest BCUT2D eigenvalue weighted by molar-refractivity contribution is 0.0934. The summed E-state index contributed by atoms with van der Waals surface area (Å²) in [5.74, 6) is -0.0991. The third-order valence-electron chi connectivity index (χ3n) is 5.36. The maximum Gasteiger partial charge on any atom is 0.254 e. The second kappa shape index (κ2) is 9.89. The van der Waals surface area contributed by atoms with Gasteiger partial charge in [0.15, 0.2) is 0 Å². The molecule has 0 atom stereocenters. The van der Waals surface area contributed by atoms with E-state index in [1.165, 1.54) is 5.56 Å². The summed E-state index contributed by atoms with van der Waals surface area (Å²) in [6, 6.07) is 17.9. The van der Waals surface area contributed by atoms with Crippen LogP contribution in [0.4, 0.5) is 0 Å². The third-order valence-corrected chi connectivity index (χ3v) is 5.62. The zero-order valence-corrected chi connectivity index (χ0v) is 17.6. The number of piperazine rings is 1. The Morgan fingerprint density at radius 3 is 2.40 bits per heavy atom. The van der Waals surface area contributed by atoms with Crippen molar-refractivity contribution < 1.29 is 4.79 Å². The molecule has 1 aromatic heterocycles. The lowest BCUT2D eigenvalue weighted by atomic mass is 10.2. The fraction of sp³-hybridized carbons (Fsp3) is 0.304. The van der Waals surface area contributed by atoms with Crippen molar-refractivity contribution in [2.24, 2.45) is 0 Å². The largest absolute Gasteiger partial charge is 0.351 e. The van der Waals surface area contributed by atoms with E-state index >= 15 is 0 Å². The van der Waals surface area contributed by atoms with Gasteiger partial charge in [0.25, 0.3) is 5.91 Å². The highest BCUT2D eigenvalue weighted by Gasteiger charge is 2.17. The number of benzene rings is 2. The highest BCUT2D eigenvalue weighted by Crippen LogP contribution is 2.13. The first-order valence-corrected chi connectivity index (χ1v) is 10.6. The van der Waals surface area contributed by atoms with Crippen molar-refractivity contribution in [1.82, 2.24) is 24.9 Å². The molecule has 2 aromatic carbocycles. The normalized spacial score (nSPS) is 15.2. The molecule has 0 unspecified atom stereocenters. The highest BCUT2D eigenvalue weighted by atomic mass is 35.5. The van der Waals surface area contributed by atoms with Crippen LogP contribution in [0.2, 0.25) is 5.02 Å². The van der Waals surface area contributed by atoms with Gasteiger partial charge in [-0.1, -0.05) is 41.9 Å². The Hall–Kier alpha value is -2.67. The van der Waals surface area contributed by atoms with Gasteiger partial charge in [0, 0.05) is 57.0 Å². The fourth-order valence-electron chi connectivity index (χ4n) is 3.62. The summed E-state index contributed by atoms with van der Waals surface area (Å²) < 4.78 is 1.68. The van der Waals surface area contributed by atoms with Gasteiger partial charge in [-0.2, -0.15) is 5.10 Å². The number of halogens is 1. The first-order chi connectivity index (χ1) is 14.7. The monoisotopic (exact) mass is 423 g/mol. The Bertz CT molecular complexity index is 949. The molecule has 1 N–H and O–H groups in total. The quantitative estimate of drug-likeness (QED) is 0.634. The van der Waals surface area contributed by atoms with Crippen LogP contribution in [0.5, 0.6) is 0 Å². The van der Waals surface area contributed by atoms with Crippen molar-refractivity contribution in [3.05, 3.63) is 83.1 Å². The molecule has 1 amide bonds. The molecule has 1 aliphatic heterocycles. The van der Waals surface area contributed by atoms with Crippen LogP contribution >= 0.6 is 11.6 Å². The molecule has 6 nitrogen and oxygen atoms in total. The summed E-state index contributed by atoms with van der Waals surface area (Å²) in [5, 5.41) is 7.95. The maximum absolute atomic E-state index is 12.4. The Morgan fingerprint density at radius 1 is 0.967 bits per heavy atom. The number of rotatable bonds is 7. The van der Waals surface area contributed by atoms with E-state index in [1.807, 2.05) is 12.1 Å². The summed E-state index contributed by atoms with van der Waals surface area (Å²) >= 11 is 5.92. The minimum atomic E-state index is -0.0991. The topological polar surface area (TPSA) is 53.4 Å². The minimum Gasteiger partial charge on any atom is -0.351 e. The molecule has 156 valence electrons. The Kier molecular flexibility index (Phi) is 6.79. The molecular formula is C23H26ClN5O. The number of carbonyl (C=O) groups excluding carboxylic acids is 1. The van der Waals surface area contributed by atoms with E-state index in [4.69, 9.17) is 11.6 Å². The lowest BCUT2D eigenvalue weighted by Crippen LogP contribution is -2.48. The molecule has 1 aliphatic rings. The number of amides is 1. The molecule has 0 spiro atoms. The van der Waals surface area contributed by atoms with Gasteiger partial charge in [-0.3, -0.25) is 14.6 Å². The lowest BCUT2D eigenvalue weighted by Gasteiger charge is -2.34. The van der Waals surface area contributed by atoms with Gasteiger partial charge < -0.3 is 5.32 Å². The van der Waals surface area contributed by atoms with Crippen molar-refractivity contribution in [1.29, 1.82) is 0 Å². The number of carbonyl (C=O) groups is 1. The Morgan fingerprint density at radius 2 is 1.67 bits per heavy atom. The first kappa shape index (κ1) is 20.6. The standard InChI is InChI=1S/C23H26ClN5O/c24-21-6-8-22(9-7-21)29-18-20(16-26-29)23(30)25-10-11-27-12-14-28(15-13-27)17-19-4-2-1-3-5-19/h1-9,16,18H,10-15,17H2,(H,25,30). The molecule has 3 aromatic rings. The van der Waals surface area contributed by atoms with E-state index in [2.05, 4.69) is 50.5 Å². The van der Waals surface area contributed by atoms with Crippen molar-refractivity contribution >= 4 is 17.5 Å². The third kappa shape index (κ3) is 5.48. The summed E-state index contributed by atoms with van der Waals surface area (Å²) in [4.78, 5) is 17.3. The van der Waals surface area contributed by atoms with Gasteiger partial charge in [-0.15, -0.1) is 0 Å². The number of hydrogen-bond donors (Lipinski definition) is 1. The number of aromatic nitrogens is 2. The molecule has 1 fully saturated rings. The van der Waals surface area contributed by atoms with Crippen LogP contribution in [0.1, 0.15) is 15.9 Å². The van der Waals surface area contributed by atoms with E-state index in [-0.39, 0.29) is 5.91 Å². The Balaban J connectivity index is 1.19. The molecule has 7 heteroatoms. The van der Waals surface area contributed by atoms with Crippen molar-refractivity contribution in [2.45, 2.75) is 6.54 Å². The molecule has 0 aliphatic carbocycles. The molecule has 2 heterocycles. The zero-order valence-electron chi connectivity index (χ0n) is 16.9. The van der Waals surface area contributed by atoms with Crippen molar-refractivity contribution in [3.63, 3.8) is 0 Å². The van der Waals surface area contributed by atoms with Crippen LogP contribution in [0.25, 0.3) is 5.69 Å². The van der Waals surface area contributed by atoms with Crippen LogP contribution in [-0.2, 0) is 6.54 Å². The highest BCUT2D eigenvalue weighted by molar-refractivity contribution is 6.30. The minimum absolute atomic E-state index is 0.0991. The van der Waals surface area contributed by atoms with Crippen molar-refractivity contribution in [2.75, 3.05) is 39.3 Å². The molecule has 30 heavy (non-hydrogen) atoms.